The van der Waals surface area contributed by atoms with E-state index in [9.17, 15) is 9.59 Å². The number of fused-ring (bicyclic) bond motifs is 2. The number of likely N-dealkylation sites (N-methyl/N-ethyl adjacent to an activating group) is 1. The molecule has 1 saturated heterocycles. The molecule has 0 radical (unpaired) electrons. The lowest BCUT2D eigenvalue weighted by molar-refractivity contribution is -0.142. The third kappa shape index (κ3) is 6.68. The van der Waals surface area contributed by atoms with Crippen LogP contribution in [0.2, 0.25) is 0 Å². The van der Waals surface area contributed by atoms with Crippen LogP contribution in [0.5, 0.6) is 0 Å². The van der Waals surface area contributed by atoms with Gasteiger partial charge in [-0.3, -0.25) is 0 Å². The second-order valence-electron chi connectivity index (χ2n) is 11.1. The normalized spacial score (nSPS) is 15.1. The highest BCUT2D eigenvalue weighted by Gasteiger charge is 2.27. The predicted octanol–water partition coefficient (Wildman–Crippen LogP) is 2.98. The van der Waals surface area contributed by atoms with Crippen LogP contribution in [0.4, 0.5) is 17.8 Å². The molecule has 6 rings (SSSR count). The minimum absolute atomic E-state index is 0.187. The van der Waals surface area contributed by atoms with Gasteiger partial charge in [0.15, 0.2) is 0 Å². The number of ether oxygens (including phenoxy) is 2. The predicted molar refractivity (Wildman–Crippen MR) is 172 cm³/mol. The van der Waals surface area contributed by atoms with Gasteiger partial charge < -0.3 is 39.9 Å². The number of benzene rings is 2. The van der Waals surface area contributed by atoms with E-state index >= 15 is 0 Å². The minimum atomic E-state index is -0.785. The molecule has 1 aliphatic heterocycles. The van der Waals surface area contributed by atoms with Gasteiger partial charge in [0, 0.05) is 73.2 Å². The van der Waals surface area contributed by atoms with Crippen LogP contribution < -0.4 is 15.5 Å². The third-order valence-corrected chi connectivity index (χ3v) is 8.19. The number of aromatic nitrogens is 5. The average Bonchev–Trinajstić information content (AvgIpc) is 3.67. The Labute approximate surface area is 260 Å². The smallest absolute Gasteiger partial charge is 0.328 e. The van der Waals surface area contributed by atoms with Crippen LogP contribution in [0.3, 0.4) is 0 Å². The number of aromatic amines is 2. The summed E-state index contributed by atoms with van der Waals surface area (Å²) in [6.07, 6.45) is 4.45. The molecular weight excluding hydrogens is 574 g/mol. The van der Waals surface area contributed by atoms with E-state index in [1.807, 2.05) is 60.9 Å². The molecule has 2 atom stereocenters. The Hall–Kier alpha value is -5.17. The van der Waals surface area contributed by atoms with Crippen LogP contribution in [0.25, 0.3) is 21.8 Å². The molecule has 0 spiro atoms. The van der Waals surface area contributed by atoms with Gasteiger partial charge in [-0.15, -0.1) is 0 Å². The molecule has 0 bridgehead atoms. The van der Waals surface area contributed by atoms with Gasteiger partial charge in [0.05, 0.1) is 14.2 Å². The Bertz CT molecular complexity index is 1680. The number of H-pyrrole nitrogens is 2. The molecule has 45 heavy (non-hydrogen) atoms. The number of carbonyl (C=O) groups is 2. The molecule has 13 heteroatoms. The molecule has 1 fully saturated rings. The van der Waals surface area contributed by atoms with Crippen molar-refractivity contribution >= 4 is 51.6 Å². The van der Waals surface area contributed by atoms with Crippen LogP contribution in [-0.4, -0.2) is 101 Å². The number of hydrogen-bond acceptors (Lipinski definition) is 11. The van der Waals surface area contributed by atoms with E-state index in [0.717, 1.165) is 46.0 Å². The van der Waals surface area contributed by atoms with Crippen molar-refractivity contribution in [1.82, 2.24) is 29.8 Å². The largest absolute Gasteiger partial charge is 0.467 e. The summed E-state index contributed by atoms with van der Waals surface area (Å²) in [5.41, 5.74) is 3.85. The van der Waals surface area contributed by atoms with E-state index in [-0.39, 0.29) is 11.9 Å². The number of carbonyl (C=O) groups excluding carboxylic acids is 2. The van der Waals surface area contributed by atoms with E-state index in [0.29, 0.717) is 31.9 Å². The molecule has 13 nitrogen and oxygen atoms in total. The number of hydrogen-bond donors (Lipinski definition) is 4. The molecule has 2 aromatic carbocycles. The van der Waals surface area contributed by atoms with Gasteiger partial charge in [-0.1, -0.05) is 36.4 Å². The fraction of sp³-hybridized carbons (Fsp3) is 0.344. The van der Waals surface area contributed by atoms with Gasteiger partial charge in [0.1, 0.15) is 12.1 Å². The maximum atomic E-state index is 13.0. The lowest BCUT2D eigenvalue weighted by atomic mass is 10.1. The van der Waals surface area contributed by atoms with E-state index in [4.69, 9.17) is 19.4 Å². The number of nitrogens with zero attached hydrogens (tertiary/aromatic N) is 5. The lowest BCUT2D eigenvalue weighted by Gasteiger charge is -2.32. The second-order valence-corrected chi connectivity index (χ2v) is 11.1. The molecule has 4 heterocycles. The minimum Gasteiger partial charge on any atom is -0.467 e. The zero-order chi connectivity index (χ0) is 31.3. The summed E-state index contributed by atoms with van der Waals surface area (Å²) in [5.74, 6) is -0.0967. The first kappa shape index (κ1) is 29.9. The quantitative estimate of drug-likeness (QED) is 0.163. The van der Waals surface area contributed by atoms with Gasteiger partial charge in [-0.25, -0.2) is 9.59 Å². The van der Waals surface area contributed by atoms with Crippen molar-refractivity contribution in [3.63, 3.8) is 0 Å². The van der Waals surface area contributed by atoms with Gasteiger partial charge in [0.2, 0.25) is 17.8 Å². The highest BCUT2D eigenvalue weighted by Crippen LogP contribution is 2.24. The maximum absolute atomic E-state index is 13.0. The first-order valence-corrected chi connectivity index (χ1v) is 14.9. The van der Waals surface area contributed by atoms with Crippen LogP contribution in [-0.2, 0) is 31.9 Å². The number of methoxy groups -OCH3 is 2. The fourth-order valence-corrected chi connectivity index (χ4v) is 5.67. The van der Waals surface area contributed by atoms with Gasteiger partial charge in [-0.05, 0) is 30.3 Å². The molecule has 3 aromatic heterocycles. The summed E-state index contributed by atoms with van der Waals surface area (Å²) < 4.78 is 10.3. The van der Waals surface area contributed by atoms with Crippen molar-refractivity contribution < 1.29 is 19.1 Å². The zero-order valence-electron chi connectivity index (χ0n) is 25.5. The molecule has 0 aliphatic carbocycles. The standard InChI is InChI=1S/C32H37N9O4/c1-40-12-14-41(15-13-40)32-38-30(35-26(28(42)44-2)16-20-18-33-24-10-6-4-8-22(20)24)37-31(39-32)36-27(29(43)45-3)17-21-19-34-25-11-7-5-9-23(21)25/h4-11,18-19,26-27,33-34H,12-17H2,1-3H3,(H2,35,36,37,38,39)/t26-,27-/m0/s1. The zero-order valence-corrected chi connectivity index (χ0v) is 25.5. The van der Waals surface area contributed by atoms with Crippen molar-refractivity contribution in [3.05, 3.63) is 72.1 Å². The van der Waals surface area contributed by atoms with Crippen molar-refractivity contribution in [2.45, 2.75) is 24.9 Å². The Kier molecular flexibility index (Phi) is 8.78. The SMILES string of the molecule is COC(=O)[C@H](Cc1c[nH]c2ccccc12)Nc1nc(N[C@@H](Cc2c[nH]c3ccccc23)C(=O)OC)nc(N2CCN(C)CC2)n1. The summed E-state index contributed by atoms with van der Waals surface area (Å²) in [6, 6.07) is 14.2. The van der Waals surface area contributed by atoms with Crippen LogP contribution >= 0.6 is 0 Å². The highest BCUT2D eigenvalue weighted by molar-refractivity contribution is 5.86. The molecule has 0 amide bonds. The number of piperazine rings is 1. The van der Waals surface area contributed by atoms with Crippen molar-refractivity contribution in [2.24, 2.45) is 0 Å². The Morgan fingerprint density at radius 1 is 0.756 bits per heavy atom. The molecule has 0 saturated carbocycles. The third-order valence-electron chi connectivity index (χ3n) is 8.19. The van der Waals surface area contributed by atoms with Crippen molar-refractivity contribution in [3.8, 4) is 0 Å². The number of esters is 2. The van der Waals surface area contributed by atoms with E-state index < -0.39 is 24.0 Å². The Balaban J connectivity index is 1.31. The number of nitrogens with one attached hydrogen (secondary N) is 4. The average molecular weight is 612 g/mol. The fourth-order valence-electron chi connectivity index (χ4n) is 5.67. The van der Waals surface area contributed by atoms with Gasteiger partial charge >= 0.3 is 11.9 Å². The lowest BCUT2D eigenvalue weighted by Crippen LogP contribution is -2.45. The topological polar surface area (TPSA) is 153 Å². The molecule has 1 aliphatic rings. The van der Waals surface area contributed by atoms with Crippen LogP contribution in [0, 0.1) is 0 Å². The van der Waals surface area contributed by atoms with Crippen LogP contribution in [0.1, 0.15) is 11.1 Å². The molecule has 0 unspecified atom stereocenters. The highest BCUT2D eigenvalue weighted by atomic mass is 16.5. The van der Waals surface area contributed by atoms with Crippen molar-refractivity contribution in [2.75, 3.05) is 63.0 Å². The molecule has 234 valence electrons. The Morgan fingerprint density at radius 3 is 1.69 bits per heavy atom. The summed E-state index contributed by atoms with van der Waals surface area (Å²) in [5, 5.41) is 8.43. The summed E-state index contributed by atoms with van der Waals surface area (Å²) in [4.78, 5) is 50.9. The summed E-state index contributed by atoms with van der Waals surface area (Å²) >= 11 is 0. The van der Waals surface area contributed by atoms with Gasteiger partial charge in [0.25, 0.3) is 0 Å². The monoisotopic (exact) mass is 611 g/mol. The van der Waals surface area contributed by atoms with Crippen molar-refractivity contribution in [1.29, 1.82) is 0 Å². The first-order valence-electron chi connectivity index (χ1n) is 14.9. The molecular formula is C32H37N9O4. The van der Waals surface area contributed by atoms with E-state index in [2.05, 4.69) is 42.4 Å². The second kappa shape index (κ2) is 13.2. The number of rotatable bonds is 11. The first-order chi connectivity index (χ1) is 21.9. The van der Waals surface area contributed by atoms with Crippen LogP contribution in [0.15, 0.2) is 60.9 Å². The Morgan fingerprint density at radius 2 is 1.22 bits per heavy atom. The molecule has 5 aromatic rings. The molecule has 4 N–H and O–H groups in total. The number of anilines is 3. The summed E-state index contributed by atoms with van der Waals surface area (Å²) in [7, 11) is 4.78. The summed E-state index contributed by atoms with van der Waals surface area (Å²) in [6.45, 7) is 3.11. The number of para-hydroxylation sites is 2. The van der Waals surface area contributed by atoms with E-state index in [1.54, 1.807) is 0 Å². The van der Waals surface area contributed by atoms with E-state index in [1.165, 1.54) is 14.2 Å². The maximum Gasteiger partial charge on any atom is 0.328 e. The van der Waals surface area contributed by atoms with Gasteiger partial charge in [-0.2, -0.15) is 15.0 Å².